The average molecular weight is 402 g/mol. The maximum Gasteiger partial charge on any atom is 0.410 e. The molecule has 0 bridgehead atoms. The molecule has 0 aliphatic carbocycles. The number of ether oxygens (including phenoxy) is 1. The SMILES string of the molecule is CC(C)(C)OC(=O)N1CCN2C(NCCN3CCS(=O)(=O)CC3)=NCC2C1. The van der Waals surface area contributed by atoms with E-state index in [1.54, 1.807) is 4.90 Å². The second kappa shape index (κ2) is 7.83. The van der Waals surface area contributed by atoms with Crippen LogP contribution in [0, 0.1) is 0 Å². The lowest BCUT2D eigenvalue weighted by molar-refractivity contribution is 0.0137. The van der Waals surface area contributed by atoms with Gasteiger partial charge in [-0.25, -0.2) is 13.2 Å². The fourth-order valence-corrected chi connectivity index (χ4v) is 4.80. The molecule has 9 nitrogen and oxygen atoms in total. The van der Waals surface area contributed by atoms with Crippen molar-refractivity contribution in [1.29, 1.82) is 0 Å². The van der Waals surface area contributed by atoms with Gasteiger partial charge in [-0.2, -0.15) is 0 Å². The lowest BCUT2D eigenvalue weighted by Crippen LogP contribution is -2.58. The maximum atomic E-state index is 12.3. The van der Waals surface area contributed by atoms with Gasteiger partial charge in [-0.05, 0) is 20.8 Å². The van der Waals surface area contributed by atoms with Crippen LogP contribution in [-0.2, 0) is 14.6 Å². The number of amides is 1. The molecule has 10 heteroatoms. The number of nitrogens with one attached hydrogen (secondary N) is 1. The van der Waals surface area contributed by atoms with Crippen molar-refractivity contribution in [3.63, 3.8) is 0 Å². The molecule has 1 unspecified atom stereocenters. The molecule has 0 aromatic rings. The van der Waals surface area contributed by atoms with E-state index >= 15 is 0 Å². The number of fused-ring (bicyclic) bond motifs is 1. The van der Waals surface area contributed by atoms with E-state index in [0.717, 1.165) is 25.6 Å². The Balaban J connectivity index is 1.41. The summed E-state index contributed by atoms with van der Waals surface area (Å²) in [7, 11) is -2.83. The van der Waals surface area contributed by atoms with Crippen molar-refractivity contribution < 1.29 is 17.9 Å². The fourth-order valence-electron chi connectivity index (χ4n) is 3.52. The third-order valence-corrected chi connectivity index (χ3v) is 6.62. The smallest absolute Gasteiger partial charge is 0.410 e. The normalized spacial score (nSPS) is 25.7. The number of hydrogen-bond acceptors (Lipinski definition) is 8. The second-order valence-corrected chi connectivity index (χ2v) is 10.7. The van der Waals surface area contributed by atoms with Crippen LogP contribution >= 0.6 is 0 Å². The van der Waals surface area contributed by atoms with Crippen molar-refractivity contribution in [2.75, 3.05) is 63.9 Å². The Bertz CT molecular complexity index is 674. The Morgan fingerprint density at radius 1 is 1.22 bits per heavy atom. The van der Waals surface area contributed by atoms with Crippen molar-refractivity contribution >= 4 is 21.9 Å². The van der Waals surface area contributed by atoms with E-state index in [9.17, 15) is 13.2 Å². The van der Waals surface area contributed by atoms with Crippen molar-refractivity contribution in [3.05, 3.63) is 0 Å². The van der Waals surface area contributed by atoms with Crippen LogP contribution in [-0.4, -0.2) is 111 Å². The molecule has 2 fully saturated rings. The first kappa shape index (κ1) is 20.2. The highest BCUT2D eigenvalue weighted by atomic mass is 32.2. The molecule has 3 aliphatic rings. The Morgan fingerprint density at radius 2 is 1.93 bits per heavy atom. The van der Waals surface area contributed by atoms with E-state index < -0.39 is 15.4 Å². The molecule has 0 aromatic carbocycles. The second-order valence-electron chi connectivity index (χ2n) is 8.36. The van der Waals surface area contributed by atoms with Gasteiger partial charge in [0.2, 0.25) is 0 Å². The van der Waals surface area contributed by atoms with Crippen molar-refractivity contribution in [3.8, 4) is 0 Å². The Labute approximate surface area is 161 Å². The fraction of sp³-hybridized carbons (Fsp3) is 0.882. The predicted molar refractivity (Wildman–Crippen MR) is 104 cm³/mol. The summed E-state index contributed by atoms with van der Waals surface area (Å²) in [5, 5.41) is 3.38. The zero-order valence-electron chi connectivity index (χ0n) is 16.5. The largest absolute Gasteiger partial charge is 0.444 e. The van der Waals surface area contributed by atoms with Gasteiger partial charge in [0.1, 0.15) is 5.60 Å². The van der Waals surface area contributed by atoms with Crippen LogP contribution in [0.4, 0.5) is 4.79 Å². The number of guanidine groups is 1. The summed E-state index contributed by atoms with van der Waals surface area (Å²) in [5.41, 5.74) is -0.485. The van der Waals surface area contributed by atoms with Crippen LogP contribution in [0.2, 0.25) is 0 Å². The molecule has 0 aromatic heterocycles. The minimum atomic E-state index is -2.83. The topological polar surface area (TPSA) is 94.5 Å². The van der Waals surface area contributed by atoms with Gasteiger partial charge in [-0.1, -0.05) is 0 Å². The van der Waals surface area contributed by atoms with Crippen LogP contribution < -0.4 is 5.32 Å². The average Bonchev–Trinajstić information content (AvgIpc) is 2.97. The lowest BCUT2D eigenvalue weighted by Gasteiger charge is -2.39. The van der Waals surface area contributed by atoms with Crippen LogP contribution in [0.5, 0.6) is 0 Å². The first-order valence-electron chi connectivity index (χ1n) is 9.59. The van der Waals surface area contributed by atoms with E-state index in [-0.39, 0.29) is 23.6 Å². The number of sulfone groups is 1. The molecule has 1 N–H and O–H groups in total. The van der Waals surface area contributed by atoms with Gasteiger partial charge in [0.25, 0.3) is 0 Å². The Morgan fingerprint density at radius 3 is 2.59 bits per heavy atom. The Hall–Kier alpha value is -1.55. The van der Waals surface area contributed by atoms with Gasteiger partial charge < -0.3 is 19.9 Å². The summed E-state index contributed by atoms with van der Waals surface area (Å²) in [5.74, 6) is 1.39. The molecule has 3 rings (SSSR count). The van der Waals surface area contributed by atoms with Crippen LogP contribution in [0.1, 0.15) is 20.8 Å². The highest BCUT2D eigenvalue weighted by Gasteiger charge is 2.36. The van der Waals surface area contributed by atoms with Crippen LogP contribution in [0.15, 0.2) is 4.99 Å². The van der Waals surface area contributed by atoms with Crippen molar-refractivity contribution in [1.82, 2.24) is 20.0 Å². The molecule has 154 valence electrons. The zero-order chi connectivity index (χ0) is 19.7. The number of nitrogens with zero attached hydrogens (tertiary/aromatic N) is 4. The van der Waals surface area contributed by atoms with E-state index in [2.05, 4.69) is 20.1 Å². The third kappa shape index (κ3) is 5.47. The number of rotatable bonds is 3. The van der Waals surface area contributed by atoms with E-state index in [1.165, 1.54) is 0 Å². The molecule has 3 aliphatic heterocycles. The summed E-state index contributed by atoms with van der Waals surface area (Å²) in [6.45, 7) is 11.0. The maximum absolute atomic E-state index is 12.3. The summed E-state index contributed by atoms with van der Waals surface area (Å²) < 4.78 is 28.4. The predicted octanol–water partition coefficient (Wildman–Crippen LogP) is -0.403. The molecule has 1 amide bonds. The summed E-state index contributed by atoms with van der Waals surface area (Å²) in [6.07, 6.45) is -0.261. The highest BCUT2D eigenvalue weighted by Crippen LogP contribution is 2.18. The summed E-state index contributed by atoms with van der Waals surface area (Å²) in [4.78, 5) is 23.0. The van der Waals surface area contributed by atoms with Gasteiger partial charge in [-0.3, -0.25) is 9.89 Å². The van der Waals surface area contributed by atoms with Gasteiger partial charge in [-0.15, -0.1) is 0 Å². The quantitative estimate of drug-likeness (QED) is 0.687. The van der Waals surface area contributed by atoms with Gasteiger partial charge in [0, 0.05) is 45.8 Å². The molecule has 3 heterocycles. The van der Waals surface area contributed by atoms with Gasteiger partial charge >= 0.3 is 6.09 Å². The number of aliphatic imine (C=N–C) groups is 1. The van der Waals surface area contributed by atoms with Crippen LogP contribution in [0.3, 0.4) is 0 Å². The standard InChI is InChI=1S/C17H31N5O4S/c1-17(2,3)26-16(23)21-6-7-22-14(13-21)12-19-15(22)18-4-5-20-8-10-27(24,25)11-9-20/h14H,4-13H2,1-3H3,(H,18,19). The zero-order valence-corrected chi connectivity index (χ0v) is 17.3. The molecule has 0 spiro atoms. The molecule has 1 atom stereocenters. The minimum Gasteiger partial charge on any atom is -0.444 e. The number of hydrogen-bond donors (Lipinski definition) is 1. The number of carbonyl (C=O) groups excluding carboxylic acids is 1. The number of piperazine rings is 1. The molecular weight excluding hydrogens is 370 g/mol. The van der Waals surface area contributed by atoms with E-state index in [0.29, 0.717) is 32.7 Å². The molecule has 0 saturated carbocycles. The lowest BCUT2D eigenvalue weighted by atomic mass is 10.2. The van der Waals surface area contributed by atoms with Crippen molar-refractivity contribution in [2.24, 2.45) is 4.99 Å². The summed E-state index contributed by atoms with van der Waals surface area (Å²) >= 11 is 0. The Kier molecular flexibility index (Phi) is 5.85. The first-order valence-corrected chi connectivity index (χ1v) is 11.4. The molecule has 0 radical (unpaired) electrons. The summed E-state index contributed by atoms with van der Waals surface area (Å²) in [6, 6.07) is 0.189. The number of carbonyl (C=O) groups is 1. The van der Waals surface area contributed by atoms with Gasteiger partial charge in [0.15, 0.2) is 15.8 Å². The monoisotopic (exact) mass is 401 g/mol. The minimum absolute atomic E-state index is 0.189. The van der Waals surface area contributed by atoms with E-state index in [1.807, 2.05) is 20.8 Å². The van der Waals surface area contributed by atoms with Crippen LogP contribution in [0.25, 0.3) is 0 Å². The molecule has 2 saturated heterocycles. The third-order valence-electron chi connectivity index (χ3n) is 5.01. The van der Waals surface area contributed by atoms with Gasteiger partial charge in [0.05, 0.1) is 24.1 Å². The van der Waals surface area contributed by atoms with Crippen molar-refractivity contribution in [2.45, 2.75) is 32.4 Å². The first-order chi connectivity index (χ1) is 12.6. The molecular formula is C17H31N5O4S. The highest BCUT2D eigenvalue weighted by molar-refractivity contribution is 7.91. The van der Waals surface area contributed by atoms with E-state index in [4.69, 9.17) is 4.74 Å². The molecule has 27 heavy (non-hydrogen) atoms.